The van der Waals surface area contributed by atoms with Gasteiger partial charge in [0.2, 0.25) is 0 Å². The highest BCUT2D eigenvalue weighted by atomic mass is 35.5. The van der Waals surface area contributed by atoms with Crippen LogP contribution in [0.2, 0.25) is 0 Å². The lowest BCUT2D eigenvalue weighted by atomic mass is 9.74. The van der Waals surface area contributed by atoms with E-state index in [9.17, 15) is 27.8 Å². The lowest BCUT2D eigenvalue weighted by Crippen LogP contribution is -2.48. The highest BCUT2D eigenvalue weighted by molar-refractivity contribution is 6.23. The summed E-state index contributed by atoms with van der Waals surface area (Å²) < 4.78 is 55.5. The van der Waals surface area contributed by atoms with Crippen LogP contribution in [0, 0.1) is 0 Å². The van der Waals surface area contributed by atoms with Gasteiger partial charge in [0, 0.05) is 0 Å². The maximum Gasteiger partial charge on any atom is 0.340 e. The Bertz CT molecular complexity index is 591. The van der Waals surface area contributed by atoms with E-state index in [0.29, 0.717) is 0 Å². The number of hydrogen-bond acceptors (Lipinski definition) is 2. The molecule has 118 valence electrons. The monoisotopic (exact) mass is 334 g/mol. The van der Waals surface area contributed by atoms with E-state index in [-0.39, 0.29) is 11.5 Å². The second kappa shape index (κ2) is 5.68. The molecule has 2 N–H and O–H groups in total. The molecule has 2 aromatic carbocycles. The molecule has 0 unspecified atom stereocenters. The molecule has 0 aliphatic heterocycles. The summed E-state index contributed by atoms with van der Waals surface area (Å²) in [6.07, 6.45) is -3.53. The van der Waals surface area contributed by atoms with Gasteiger partial charge in [-0.05, 0) is 47.0 Å². The molecule has 0 atom stereocenters. The standard InChI is InChI=1S/C15H11ClF4O2/c16-15(19,20)14(13(17)18,9-1-5-11(21)6-2-9)10-3-7-12(22)8-4-10/h1-8,13,21-22H. The summed E-state index contributed by atoms with van der Waals surface area (Å²) >= 11 is 5.06. The second-order valence-corrected chi connectivity index (χ2v) is 5.17. The van der Waals surface area contributed by atoms with E-state index in [2.05, 4.69) is 0 Å². The largest absolute Gasteiger partial charge is 0.508 e. The van der Waals surface area contributed by atoms with Crippen LogP contribution in [-0.2, 0) is 5.41 Å². The van der Waals surface area contributed by atoms with Crippen molar-refractivity contribution < 1.29 is 27.8 Å². The predicted octanol–water partition coefficient (Wildman–Crippen LogP) is 4.48. The minimum Gasteiger partial charge on any atom is -0.508 e. The summed E-state index contributed by atoms with van der Waals surface area (Å²) in [5.41, 5.74) is -4.02. The van der Waals surface area contributed by atoms with E-state index in [1.54, 1.807) is 0 Å². The number of alkyl halides is 5. The number of phenols is 2. The number of phenolic OH excluding ortho intramolecular Hbond substituents is 2. The summed E-state index contributed by atoms with van der Waals surface area (Å²) in [4.78, 5) is 0. The van der Waals surface area contributed by atoms with Gasteiger partial charge in [0.05, 0.1) is 0 Å². The molecule has 2 nitrogen and oxygen atoms in total. The van der Waals surface area contributed by atoms with Crippen LogP contribution in [0.15, 0.2) is 48.5 Å². The maximum atomic E-state index is 14.0. The predicted molar refractivity (Wildman–Crippen MR) is 73.8 cm³/mol. The minimum absolute atomic E-state index is 0.254. The lowest BCUT2D eigenvalue weighted by Gasteiger charge is -2.37. The number of hydrogen-bond donors (Lipinski definition) is 2. The molecule has 0 heterocycles. The Morgan fingerprint density at radius 1 is 0.773 bits per heavy atom. The first-order valence-corrected chi connectivity index (χ1v) is 6.51. The summed E-state index contributed by atoms with van der Waals surface area (Å²) in [6, 6.07) is 7.95. The maximum absolute atomic E-state index is 14.0. The Morgan fingerprint density at radius 3 is 1.32 bits per heavy atom. The molecule has 0 saturated carbocycles. The van der Waals surface area contributed by atoms with Crippen LogP contribution in [0.25, 0.3) is 0 Å². The van der Waals surface area contributed by atoms with E-state index in [0.717, 1.165) is 48.5 Å². The first kappa shape index (κ1) is 16.4. The van der Waals surface area contributed by atoms with Crippen molar-refractivity contribution in [2.45, 2.75) is 17.2 Å². The summed E-state index contributed by atoms with van der Waals surface area (Å²) in [5, 5.41) is 14.1. The van der Waals surface area contributed by atoms with Crippen LogP contribution < -0.4 is 0 Å². The molecular formula is C15H11ClF4O2. The van der Waals surface area contributed by atoms with Crippen LogP contribution in [-0.4, -0.2) is 22.0 Å². The van der Waals surface area contributed by atoms with Gasteiger partial charge in [-0.3, -0.25) is 0 Å². The molecule has 22 heavy (non-hydrogen) atoms. The fourth-order valence-electron chi connectivity index (χ4n) is 2.32. The van der Waals surface area contributed by atoms with Crippen molar-refractivity contribution in [2.24, 2.45) is 0 Å². The molecule has 0 saturated heterocycles. The topological polar surface area (TPSA) is 40.5 Å². The average molecular weight is 335 g/mol. The van der Waals surface area contributed by atoms with E-state index >= 15 is 0 Å². The third-order valence-corrected chi connectivity index (χ3v) is 3.72. The number of aromatic hydroxyl groups is 2. The average Bonchev–Trinajstić information content (AvgIpc) is 2.41. The SMILES string of the molecule is Oc1ccc(C(c2ccc(O)cc2)(C(F)F)C(F)(F)Cl)cc1. The number of benzene rings is 2. The molecule has 0 spiro atoms. The van der Waals surface area contributed by atoms with Crippen molar-refractivity contribution in [3.05, 3.63) is 59.7 Å². The van der Waals surface area contributed by atoms with E-state index in [1.807, 2.05) is 0 Å². The van der Waals surface area contributed by atoms with Crippen LogP contribution in [0.1, 0.15) is 11.1 Å². The number of halogens is 5. The van der Waals surface area contributed by atoms with Crippen molar-refractivity contribution in [1.82, 2.24) is 0 Å². The molecule has 0 amide bonds. The number of rotatable bonds is 4. The van der Waals surface area contributed by atoms with Gasteiger partial charge in [-0.25, -0.2) is 8.78 Å². The van der Waals surface area contributed by atoms with E-state index in [1.165, 1.54) is 0 Å². The molecule has 2 rings (SSSR count). The first-order valence-electron chi connectivity index (χ1n) is 6.13. The second-order valence-electron chi connectivity index (χ2n) is 4.70. The Balaban J connectivity index is 2.77. The van der Waals surface area contributed by atoms with Gasteiger partial charge in [0.15, 0.2) is 5.41 Å². The Hall–Kier alpha value is -1.95. The zero-order chi connectivity index (χ0) is 16.5. The van der Waals surface area contributed by atoms with Gasteiger partial charge in [-0.1, -0.05) is 24.3 Å². The zero-order valence-corrected chi connectivity index (χ0v) is 11.7. The summed E-state index contributed by atoms with van der Waals surface area (Å²) in [5.74, 6) is -0.508. The van der Waals surface area contributed by atoms with Crippen LogP contribution in [0.3, 0.4) is 0 Å². The van der Waals surface area contributed by atoms with Crippen molar-refractivity contribution in [1.29, 1.82) is 0 Å². The van der Waals surface area contributed by atoms with Gasteiger partial charge in [-0.2, -0.15) is 8.78 Å². The van der Waals surface area contributed by atoms with Crippen LogP contribution in [0.4, 0.5) is 17.6 Å². The van der Waals surface area contributed by atoms with Crippen molar-refractivity contribution in [3.63, 3.8) is 0 Å². The van der Waals surface area contributed by atoms with E-state index in [4.69, 9.17) is 11.6 Å². The molecule has 0 aromatic heterocycles. The molecule has 0 aliphatic carbocycles. The normalized spacial score (nSPS) is 12.6. The highest BCUT2D eigenvalue weighted by Gasteiger charge is 2.61. The van der Waals surface area contributed by atoms with Crippen molar-refractivity contribution in [2.75, 3.05) is 0 Å². The third-order valence-electron chi connectivity index (χ3n) is 3.42. The van der Waals surface area contributed by atoms with Gasteiger partial charge >= 0.3 is 5.38 Å². The Morgan fingerprint density at radius 2 is 1.09 bits per heavy atom. The summed E-state index contributed by atoms with van der Waals surface area (Å²) in [6.45, 7) is 0. The lowest BCUT2D eigenvalue weighted by molar-refractivity contribution is -0.0622. The van der Waals surface area contributed by atoms with Gasteiger partial charge in [-0.15, -0.1) is 0 Å². The van der Waals surface area contributed by atoms with Crippen molar-refractivity contribution in [3.8, 4) is 11.5 Å². The summed E-state index contributed by atoms with van der Waals surface area (Å²) in [7, 11) is 0. The van der Waals surface area contributed by atoms with Gasteiger partial charge < -0.3 is 10.2 Å². The van der Waals surface area contributed by atoms with Crippen molar-refractivity contribution >= 4 is 11.6 Å². The Kier molecular flexibility index (Phi) is 4.24. The van der Waals surface area contributed by atoms with Crippen LogP contribution >= 0.6 is 11.6 Å². The third kappa shape index (κ3) is 2.59. The molecule has 0 radical (unpaired) electrons. The molecule has 7 heteroatoms. The molecule has 0 bridgehead atoms. The fourth-order valence-corrected chi connectivity index (χ4v) is 2.62. The quantitative estimate of drug-likeness (QED) is 0.639. The van der Waals surface area contributed by atoms with Crippen LogP contribution in [0.5, 0.6) is 11.5 Å². The molecule has 0 aliphatic rings. The van der Waals surface area contributed by atoms with E-state index < -0.39 is 28.3 Å². The fraction of sp³-hybridized carbons (Fsp3) is 0.200. The zero-order valence-electron chi connectivity index (χ0n) is 11.0. The smallest absolute Gasteiger partial charge is 0.340 e. The molecule has 0 fully saturated rings. The highest BCUT2D eigenvalue weighted by Crippen LogP contribution is 2.52. The molecule has 2 aromatic rings. The molecular weight excluding hydrogens is 324 g/mol. The minimum atomic E-state index is -4.31. The Labute approximate surface area is 128 Å². The van der Waals surface area contributed by atoms with Gasteiger partial charge in [0.1, 0.15) is 11.5 Å². The van der Waals surface area contributed by atoms with Gasteiger partial charge in [0.25, 0.3) is 6.43 Å². The first-order chi connectivity index (χ1) is 10.2.